The maximum atomic E-state index is 11.4. The molecule has 0 aromatic heterocycles. The summed E-state index contributed by atoms with van der Waals surface area (Å²) in [5, 5.41) is 9.78. The maximum absolute atomic E-state index is 11.4. The van der Waals surface area contributed by atoms with E-state index in [0.29, 0.717) is 6.42 Å². The van der Waals surface area contributed by atoms with Crippen molar-refractivity contribution in [3.63, 3.8) is 0 Å². The summed E-state index contributed by atoms with van der Waals surface area (Å²) in [6.07, 6.45) is 5.83. The van der Waals surface area contributed by atoms with Crippen molar-refractivity contribution in [3.05, 3.63) is 12.7 Å². The van der Waals surface area contributed by atoms with Crippen molar-refractivity contribution in [2.24, 2.45) is 11.3 Å². The summed E-state index contributed by atoms with van der Waals surface area (Å²) in [5.41, 5.74) is 0.111. The van der Waals surface area contributed by atoms with Gasteiger partial charge in [-0.05, 0) is 49.9 Å². The molecule has 0 aliphatic heterocycles. The molecule has 0 aromatic carbocycles. The number of esters is 2. The molecule has 2 aliphatic carbocycles. The SMILES string of the molecule is C=CC(=O)OC(=O)C(O)CC12CCC(CC1)C2. The van der Waals surface area contributed by atoms with Crippen LogP contribution in [0.25, 0.3) is 0 Å². The quantitative estimate of drug-likeness (QED) is 0.459. The second kappa shape index (κ2) is 4.61. The largest absolute Gasteiger partial charge is 0.388 e. The van der Waals surface area contributed by atoms with E-state index in [-0.39, 0.29) is 5.41 Å². The molecular formula is C13H18O4. The monoisotopic (exact) mass is 238 g/mol. The lowest BCUT2D eigenvalue weighted by atomic mass is 9.79. The van der Waals surface area contributed by atoms with Gasteiger partial charge in [-0.2, -0.15) is 0 Å². The minimum absolute atomic E-state index is 0.111. The molecule has 0 heterocycles. The zero-order valence-electron chi connectivity index (χ0n) is 9.85. The summed E-state index contributed by atoms with van der Waals surface area (Å²) in [6, 6.07) is 0. The Morgan fingerprint density at radius 1 is 1.47 bits per heavy atom. The van der Waals surface area contributed by atoms with Crippen LogP contribution in [0.2, 0.25) is 0 Å². The van der Waals surface area contributed by atoms with Crippen LogP contribution in [0, 0.1) is 11.3 Å². The first-order valence-electron chi connectivity index (χ1n) is 6.11. The van der Waals surface area contributed by atoms with Gasteiger partial charge in [0.05, 0.1) is 0 Å². The van der Waals surface area contributed by atoms with Gasteiger partial charge >= 0.3 is 11.9 Å². The van der Waals surface area contributed by atoms with Gasteiger partial charge in [0, 0.05) is 6.08 Å². The Bertz CT molecular complexity index is 339. The van der Waals surface area contributed by atoms with Crippen molar-refractivity contribution in [3.8, 4) is 0 Å². The van der Waals surface area contributed by atoms with Crippen molar-refractivity contribution < 1.29 is 19.4 Å². The van der Waals surface area contributed by atoms with Crippen molar-refractivity contribution in [1.82, 2.24) is 0 Å². The topological polar surface area (TPSA) is 63.6 Å². The van der Waals surface area contributed by atoms with E-state index in [4.69, 9.17) is 0 Å². The van der Waals surface area contributed by atoms with Crippen LogP contribution in [0.5, 0.6) is 0 Å². The molecular weight excluding hydrogens is 220 g/mol. The zero-order valence-corrected chi connectivity index (χ0v) is 9.85. The number of hydrogen-bond donors (Lipinski definition) is 1. The number of ether oxygens (including phenoxy) is 1. The first kappa shape index (κ1) is 12.3. The molecule has 1 unspecified atom stereocenters. The molecule has 94 valence electrons. The zero-order chi connectivity index (χ0) is 12.5. The van der Waals surface area contributed by atoms with Gasteiger partial charge in [0.1, 0.15) is 0 Å². The molecule has 2 rings (SSSR count). The summed E-state index contributed by atoms with van der Waals surface area (Å²) in [4.78, 5) is 22.3. The number of aliphatic hydroxyl groups is 1. The minimum Gasteiger partial charge on any atom is -0.388 e. The van der Waals surface area contributed by atoms with Gasteiger partial charge in [0.25, 0.3) is 0 Å². The normalized spacial score (nSPS) is 32.2. The third-order valence-electron chi connectivity index (χ3n) is 4.15. The van der Waals surface area contributed by atoms with Crippen LogP contribution in [0.1, 0.15) is 38.5 Å². The van der Waals surface area contributed by atoms with Gasteiger partial charge in [-0.3, -0.25) is 0 Å². The average molecular weight is 238 g/mol. The Morgan fingerprint density at radius 2 is 2.12 bits per heavy atom. The molecule has 0 aromatic rings. The van der Waals surface area contributed by atoms with Gasteiger partial charge in [-0.25, -0.2) is 9.59 Å². The van der Waals surface area contributed by atoms with Crippen LogP contribution in [0.3, 0.4) is 0 Å². The van der Waals surface area contributed by atoms with E-state index in [1.807, 2.05) is 0 Å². The van der Waals surface area contributed by atoms with Crippen LogP contribution in [-0.2, 0) is 14.3 Å². The van der Waals surface area contributed by atoms with Gasteiger partial charge in [-0.1, -0.05) is 6.58 Å². The number of carbonyl (C=O) groups excluding carboxylic acids is 2. The third-order valence-corrected chi connectivity index (χ3v) is 4.15. The van der Waals surface area contributed by atoms with E-state index in [2.05, 4.69) is 11.3 Å². The minimum atomic E-state index is -1.18. The van der Waals surface area contributed by atoms with Crippen molar-refractivity contribution >= 4 is 11.9 Å². The standard InChI is InChI=1S/C13H18O4/c1-2-11(15)17-12(16)10(14)8-13-5-3-9(7-13)4-6-13/h2,9-10,14H,1,3-8H2. The first-order chi connectivity index (χ1) is 8.04. The number of aliphatic hydroxyl groups excluding tert-OH is 1. The number of hydrogen-bond acceptors (Lipinski definition) is 4. The van der Waals surface area contributed by atoms with Gasteiger partial charge in [-0.15, -0.1) is 0 Å². The van der Waals surface area contributed by atoms with Crippen LogP contribution in [-0.4, -0.2) is 23.1 Å². The van der Waals surface area contributed by atoms with Crippen molar-refractivity contribution in [2.75, 3.05) is 0 Å². The molecule has 17 heavy (non-hydrogen) atoms. The maximum Gasteiger partial charge on any atom is 0.342 e. The van der Waals surface area contributed by atoms with Crippen LogP contribution < -0.4 is 0 Å². The summed E-state index contributed by atoms with van der Waals surface area (Å²) in [6.45, 7) is 3.20. The molecule has 2 saturated carbocycles. The number of fused-ring (bicyclic) bond motifs is 2. The number of carbonyl (C=O) groups is 2. The lowest BCUT2D eigenvalue weighted by Crippen LogP contribution is -2.31. The van der Waals surface area contributed by atoms with Gasteiger partial charge in [0.2, 0.25) is 0 Å². The molecule has 0 spiro atoms. The summed E-state index contributed by atoms with van der Waals surface area (Å²) < 4.78 is 4.43. The Balaban J connectivity index is 1.88. The Labute approximate surface area is 101 Å². The Kier molecular flexibility index (Phi) is 3.33. The highest BCUT2D eigenvalue weighted by Crippen LogP contribution is 2.56. The fourth-order valence-corrected chi connectivity index (χ4v) is 3.30. The summed E-state index contributed by atoms with van der Waals surface area (Å²) >= 11 is 0. The van der Waals surface area contributed by atoms with Crippen LogP contribution in [0.4, 0.5) is 0 Å². The first-order valence-corrected chi connectivity index (χ1v) is 6.11. The average Bonchev–Trinajstić information content (AvgIpc) is 2.88. The van der Waals surface area contributed by atoms with E-state index in [1.165, 1.54) is 12.8 Å². The predicted octanol–water partition coefficient (Wildman–Crippen LogP) is 1.57. The molecule has 2 fully saturated rings. The van der Waals surface area contributed by atoms with E-state index < -0.39 is 18.0 Å². The second-order valence-electron chi connectivity index (χ2n) is 5.31. The molecule has 4 heteroatoms. The molecule has 0 saturated heterocycles. The summed E-state index contributed by atoms with van der Waals surface area (Å²) in [7, 11) is 0. The van der Waals surface area contributed by atoms with Crippen molar-refractivity contribution in [2.45, 2.75) is 44.6 Å². The Hall–Kier alpha value is -1.16. The fraction of sp³-hybridized carbons (Fsp3) is 0.692. The Morgan fingerprint density at radius 3 is 2.59 bits per heavy atom. The van der Waals surface area contributed by atoms with E-state index in [9.17, 15) is 14.7 Å². The van der Waals surface area contributed by atoms with E-state index >= 15 is 0 Å². The second-order valence-corrected chi connectivity index (χ2v) is 5.31. The molecule has 2 aliphatic rings. The predicted molar refractivity (Wildman–Crippen MR) is 60.9 cm³/mol. The van der Waals surface area contributed by atoms with Gasteiger partial charge < -0.3 is 9.84 Å². The smallest absolute Gasteiger partial charge is 0.342 e. The molecule has 1 atom stereocenters. The molecule has 1 N–H and O–H groups in total. The lowest BCUT2D eigenvalue weighted by Gasteiger charge is -2.27. The van der Waals surface area contributed by atoms with Crippen LogP contribution >= 0.6 is 0 Å². The highest BCUT2D eigenvalue weighted by Gasteiger charge is 2.46. The van der Waals surface area contributed by atoms with Crippen LogP contribution in [0.15, 0.2) is 12.7 Å². The van der Waals surface area contributed by atoms with Gasteiger partial charge in [0.15, 0.2) is 6.10 Å². The van der Waals surface area contributed by atoms with E-state index in [0.717, 1.165) is 31.3 Å². The van der Waals surface area contributed by atoms with Crippen molar-refractivity contribution in [1.29, 1.82) is 0 Å². The summed E-state index contributed by atoms with van der Waals surface area (Å²) in [5.74, 6) is -0.880. The third kappa shape index (κ3) is 2.57. The molecule has 4 nitrogen and oxygen atoms in total. The fourth-order valence-electron chi connectivity index (χ4n) is 3.30. The lowest BCUT2D eigenvalue weighted by molar-refractivity contribution is -0.164. The highest BCUT2D eigenvalue weighted by molar-refractivity contribution is 5.93. The molecule has 2 bridgehead atoms. The highest BCUT2D eigenvalue weighted by atomic mass is 16.6. The molecule has 0 amide bonds. The van der Waals surface area contributed by atoms with E-state index in [1.54, 1.807) is 0 Å². The molecule has 0 radical (unpaired) electrons. The number of rotatable bonds is 4.